The van der Waals surface area contributed by atoms with Crippen LogP contribution in [0.15, 0.2) is 35.5 Å². The second-order valence-electron chi connectivity index (χ2n) is 4.93. The van der Waals surface area contributed by atoms with Gasteiger partial charge < -0.3 is 15.4 Å². The quantitative estimate of drug-likeness (QED) is 0.895. The molecule has 1 aliphatic rings. The van der Waals surface area contributed by atoms with Crippen LogP contribution in [0.5, 0.6) is 5.75 Å². The lowest BCUT2D eigenvalue weighted by atomic mass is 9.94. The minimum absolute atomic E-state index is 0.292. The average molecular weight is 314 g/mol. The Bertz CT molecular complexity index is 706. The van der Waals surface area contributed by atoms with Gasteiger partial charge in [0, 0.05) is 17.8 Å². The summed E-state index contributed by atoms with van der Waals surface area (Å²) < 4.78 is 5.33. The van der Waals surface area contributed by atoms with Gasteiger partial charge in [-0.2, -0.15) is 5.26 Å². The van der Waals surface area contributed by atoms with Gasteiger partial charge in [-0.05, 0) is 19.9 Å². The first kappa shape index (κ1) is 16.4. The average Bonchev–Trinajstić information content (AvgIpc) is 2.54. The van der Waals surface area contributed by atoms with Crippen LogP contribution in [0.2, 0.25) is 0 Å². The Morgan fingerprint density at radius 1 is 1.48 bits per heavy atom. The van der Waals surface area contributed by atoms with Gasteiger partial charge in [0.15, 0.2) is 0 Å². The van der Waals surface area contributed by atoms with Crippen molar-refractivity contribution in [2.75, 3.05) is 13.7 Å². The second kappa shape index (κ2) is 6.83. The fourth-order valence-electron chi connectivity index (χ4n) is 2.52. The SMILES string of the molecule is CCNC(=O)N1C(=O)NC(C)=C(C#N)C1c1ccccc1OC. The number of ether oxygens (including phenoxy) is 1. The molecule has 2 N–H and O–H groups in total. The minimum Gasteiger partial charge on any atom is -0.496 e. The van der Waals surface area contributed by atoms with E-state index in [4.69, 9.17) is 4.74 Å². The molecule has 2 rings (SSSR count). The molecule has 1 unspecified atom stereocenters. The van der Waals surface area contributed by atoms with E-state index in [-0.39, 0.29) is 0 Å². The minimum atomic E-state index is -0.837. The molecule has 120 valence electrons. The van der Waals surface area contributed by atoms with E-state index in [0.717, 1.165) is 4.90 Å². The third-order valence-electron chi connectivity index (χ3n) is 3.55. The smallest absolute Gasteiger partial charge is 0.330 e. The summed E-state index contributed by atoms with van der Waals surface area (Å²) in [4.78, 5) is 25.7. The van der Waals surface area contributed by atoms with Gasteiger partial charge in [-0.1, -0.05) is 18.2 Å². The molecule has 0 fully saturated rings. The number of carbonyl (C=O) groups excluding carboxylic acids is 2. The molecular weight excluding hydrogens is 296 g/mol. The van der Waals surface area contributed by atoms with Crippen molar-refractivity contribution in [3.8, 4) is 11.8 Å². The Kier molecular flexibility index (Phi) is 4.86. The van der Waals surface area contributed by atoms with Crippen molar-refractivity contribution in [1.29, 1.82) is 5.26 Å². The van der Waals surface area contributed by atoms with Crippen molar-refractivity contribution in [2.45, 2.75) is 19.9 Å². The van der Waals surface area contributed by atoms with Crippen LogP contribution < -0.4 is 15.4 Å². The van der Waals surface area contributed by atoms with Crippen molar-refractivity contribution in [3.63, 3.8) is 0 Å². The molecule has 23 heavy (non-hydrogen) atoms. The highest BCUT2D eigenvalue weighted by molar-refractivity contribution is 5.96. The number of carbonyl (C=O) groups is 2. The standard InChI is InChI=1S/C16H18N4O3/c1-4-18-15(21)20-14(11-7-5-6-8-13(11)23-3)12(9-17)10(2)19-16(20)22/h5-8,14H,4H2,1-3H3,(H,18,21)(H,19,22). The molecule has 7 nitrogen and oxygen atoms in total. The summed E-state index contributed by atoms with van der Waals surface area (Å²) in [7, 11) is 1.50. The lowest BCUT2D eigenvalue weighted by molar-refractivity contribution is 0.173. The lowest BCUT2D eigenvalue weighted by Crippen LogP contribution is -2.53. The predicted octanol–water partition coefficient (Wildman–Crippen LogP) is 2.29. The van der Waals surface area contributed by atoms with E-state index in [9.17, 15) is 14.9 Å². The summed E-state index contributed by atoms with van der Waals surface area (Å²) in [5.41, 5.74) is 1.29. The number of nitriles is 1. The zero-order valence-corrected chi connectivity index (χ0v) is 13.2. The first-order valence-corrected chi connectivity index (χ1v) is 7.17. The van der Waals surface area contributed by atoms with Crippen LogP contribution in [-0.2, 0) is 0 Å². The fourth-order valence-corrected chi connectivity index (χ4v) is 2.52. The summed E-state index contributed by atoms with van der Waals surface area (Å²) in [5.74, 6) is 0.502. The van der Waals surface area contributed by atoms with Crippen LogP contribution in [0.4, 0.5) is 9.59 Å². The largest absolute Gasteiger partial charge is 0.496 e. The van der Waals surface area contributed by atoms with Crippen molar-refractivity contribution >= 4 is 12.1 Å². The molecule has 0 saturated heterocycles. The van der Waals surface area contributed by atoms with E-state index in [2.05, 4.69) is 16.7 Å². The lowest BCUT2D eigenvalue weighted by Gasteiger charge is -2.35. The van der Waals surface area contributed by atoms with Crippen LogP contribution in [0.25, 0.3) is 0 Å². The highest BCUT2D eigenvalue weighted by Gasteiger charge is 2.39. The first-order chi connectivity index (χ1) is 11.0. The summed E-state index contributed by atoms with van der Waals surface area (Å²) in [6.07, 6.45) is 0. The van der Waals surface area contributed by atoms with E-state index in [0.29, 0.717) is 29.1 Å². The van der Waals surface area contributed by atoms with Gasteiger partial charge in [0.2, 0.25) is 0 Å². The zero-order valence-electron chi connectivity index (χ0n) is 13.2. The van der Waals surface area contributed by atoms with Gasteiger partial charge in [0.05, 0.1) is 18.8 Å². The number of imide groups is 1. The molecular formula is C16H18N4O3. The number of allylic oxidation sites excluding steroid dienone is 1. The van der Waals surface area contributed by atoms with Crippen LogP contribution in [0.3, 0.4) is 0 Å². The highest BCUT2D eigenvalue weighted by Crippen LogP contribution is 2.37. The van der Waals surface area contributed by atoms with E-state index >= 15 is 0 Å². The molecule has 1 aliphatic heterocycles. The predicted molar refractivity (Wildman–Crippen MR) is 83.5 cm³/mol. The number of nitrogens with zero attached hydrogens (tertiary/aromatic N) is 2. The normalized spacial score (nSPS) is 17.4. The number of hydrogen-bond acceptors (Lipinski definition) is 4. The van der Waals surface area contributed by atoms with E-state index in [1.807, 2.05) is 0 Å². The van der Waals surface area contributed by atoms with Gasteiger partial charge in [0.25, 0.3) is 0 Å². The molecule has 1 atom stereocenters. The van der Waals surface area contributed by atoms with Crippen LogP contribution in [0.1, 0.15) is 25.5 Å². The summed E-state index contributed by atoms with van der Waals surface area (Å²) in [5, 5.41) is 14.7. The number of benzene rings is 1. The summed E-state index contributed by atoms with van der Waals surface area (Å²) in [6.45, 7) is 3.75. The Morgan fingerprint density at radius 3 is 2.78 bits per heavy atom. The molecule has 1 heterocycles. The number of amides is 4. The molecule has 0 spiro atoms. The van der Waals surface area contributed by atoms with Crippen molar-refractivity contribution in [1.82, 2.24) is 15.5 Å². The molecule has 0 aromatic heterocycles. The number of para-hydroxylation sites is 1. The number of nitrogens with one attached hydrogen (secondary N) is 2. The third-order valence-corrected chi connectivity index (χ3v) is 3.55. The monoisotopic (exact) mass is 314 g/mol. The number of hydrogen-bond donors (Lipinski definition) is 2. The molecule has 0 radical (unpaired) electrons. The number of urea groups is 2. The van der Waals surface area contributed by atoms with E-state index in [1.54, 1.807) is 38.1 Å². The first-order valence-electron chi connectivity index (χ1n) is 7.17. The van der Waals surface area contributed by atoms with Crippen LogP contribution in [0, 0.1) is 11.3 Å². The molecule has 0 saturated carbocycles. The maximum atomic E-state index is 12.3. The Balaban J connectivity index is 2.64. The van der Waals surface area contributed by atoms with E-state index < -0.39 is 18.1 Å². The maximum Gasteiger partial charge on any atom is 0.330 e. The van der Waals surface area contributed by atoms with Gasteiger partial charge in [-0.3, -0.25) is 0 Å². The van der Waals surface area contributed by atoms with Gasteiger partial charge in [0.1, 0.15) is 11.8 Å². The molecule has 0 aliphatic carbocycles. The highest BCUT2D eigenvalue weighted by atomic mass is 16.5. The van der Waals surface area contributed by atoms with Crippen molar-refractivity contribution < 1.29 is 14.3 Å². The fraction of sp³-hybridized carbons (Fsp3) is 0.312. The maximum absolute atomic E-state index is 12.3. The summed E-state index contributed by atoms with van der Waals surface area (Å²) in [6, 6.07) is 7.11. The van der Waals surface area contributed by atoms with Crippen molar-refractivity contribution in [2.24, 2.45) is 0 Å². The Morgan fingerprint density at radius 2 is 2.17 bits per heavy atom. The Hall–Kier alpha value is -3.01. The number of methoxy groups -OCH3 is 1. The molecule has 1 aromatic rings. The van der Waals surface area contributed by atoms with Crippen LogP contribution >= 0.6 is 0 Å². The van der Waals surface area contributed by atoms with Gasteiger partial charge in [-0.25, -0.2) is 14.5 Å². The van der Waals surface area contributed by atoms with E-state index in [1.165, 1.54) is 7.11 Å². The summed E-state index contributed by atoms with van der Waals surface area (Å²) >= 11 is 0. The topological polar surface area (TPSA) is 94.5 Å². The zero-order chi connectivity index (χ0) is 17.0. The number of rotatable bonds is 3. The second-order valence-corrected chi connectivity index (χ2v) is 4.93. The molecule has 7 heteroatoms. The van der Waals surface area contributed by atoms with Gasteiger partial charge in [-0.15, -0.1) is 0 Å². The van der Waals surface area contributed by atoms with Crippen molar-refractivity contribution in [3.05, 3.63) is 41.1 Å². The van der Waals surface area contributed by atoms with Gasteiger partial charge >= 0.3 is 12.1 Å². The molecule has 0 bridgehead atoms. The Labute approximate surface area is 134 Å². The third kappa shape index (κ3) is 2.97. The van der Waals surface area contributed by atoms with Crippen LogP contribution in [-0.4, -0.2) is 30.6 Å². The molecule has 4 amide bonds. The molecule has 1 aromatic carbocycles.